The maximum Gasteiger partial charge on any atom is 0.205 e. The minimum atomic E-state index is -0.550. The molecular weight excluding hydrogens is 372 g/mol. The van der Waals surface area contributed by atoms with Crippen molar-refractivity contribution in [3.63, 3.8) is 0 Å². The maximum atomic E-state index is 12.6. The third-order valence-corrected chi connectivity index (χ3v) is 4.68. The lowest BCUT2D eigenvalue weighted by atomic mass is 9.77. The first kappa shape index (κ1) is 16.6. The molecule has 2 aliphatic rings. The van der Waals surface area contributed by atoms with Crippen LogP contribution in [0.1, 0.15) is 37.7 Å². The fourth-order valence-corrected chi connectivity index (χ4v) is 3.58. The summed E-state index contributed by atoms with van der Waals surface area (Å²) in [5.74, 6) is 0.737. The third-order valence-electron chi connectivity index (χ3n) is 4.19. The van der Waals surface area contributed by atoms with Crippen molar-refractivity contribution >= 4 is 21.7 Å². The van der Waals surface area contributed by atoms with Gasteiger partial charge in [0.2, 0.25) is 5.88 Å². The third kappa shape index (κ3) is 2.80. The Morgan fingerprint density at radius 1 is 1.46 bits per heavy atom. The van der Waals surface area contributed by atoms with E-state index in [1.807, 2.05) is 25.1 Å². The topological polar surface area (TPSA) is 85.3 Å². The Labute approximate surface area is 148 Å². The molecule has 0 spiro atoms. The number of hydrogen-bond acceptors (Lipinski definition) is 5. The average molecular weight is 389 g/mol. The summed E-state index contributed by atoms with van der Waals surface area (Å²) < 4.78 is 12.1. The van der Waals surface area contributed by atoms with Gasteiger partial charge in [-0.25, -0.2) is 0 Å². The molecule has 1 aliphatic carbocycles. The van der Waals surface area contributed by atoms with Crippen molar-refractivity contribution in [2.45, 2.75) is 32.1 Å². The quantitative estimate of drug-likeness (QED) is 0.853. The number of allylic oxidation sites excluding steroid dienone is 3. The Morgan fingerprint density at radius 3 is 2.96 bits per heavy atom. The van der Waals surface area contributed by atoms with Gasteiger partial charge in [0.1, 0.15) is 23.2 Å². The number of nitrogens with zero attached hydrogens (tertiary/aromatic N) is 1. The number of hydrogen-bond donors (Lipinski definition) is 1. The molecule has 0 unspecified atom stereocenters. The van der Waals surface area contributed by atoms with Gasteiger partial charge in [-0.15, -0.1) is 0 Å². The number of carbonyl (C=O) groups is 1. The summed E-state index contributed by atoms with van der Waals surface area (Å²) in [6.07, 6.45) is 1.83. The summed E-state index contributed by atoms with van der Waals surface area (Å²) in [5, 5.41) is 9.61. The molecule has 3 rings (SSSR count). The highest BCUT2D eigenvalue weighted by atomic mass is 79.9. The zero-order valence-electron chi connectivity index (χ0n) is 13.3. The van der Waals surface area contributed by atoms with E-state index in [2.05, 4.69) is 22.0 Å². The van der Waals surface area contributed by atoms with Crippen molar-refractivity contribution < 1.29 is 14.3 Å². The zero-order valence-corrected chi connectivity index (χ0v) is 14.9. The van der Waals surface area contributed by atoms with E-state index in [1.54, 1.807) is 0 Å². The molecule has 1 aromatic rings. The molecule has 1 heterocycles. The number of nitriles is 1. The van der Waals surface area contributed by atoms with Crippen LogP contribution >= 0.6 is 15.9 Å². The predicted octanol–water partition coefficient (Wildman–Crippen LogP) is 3.66. The van der Waals surface area contributed by atoms with E-state index in [1.165, 1.54) is 0 Å². The summed E-state index contributed by atoms with van der Waals surface area (Å²) in [7, 11) is 0. The highest BCUT2D eigenvalue weighted by molar-refractivity contribution is 9.10. The number of rotatable bonds is 3. The first-order valence-electron chi connectivity index (χ1n) is 7.82. The van der Waals surface area contributed by atoms with Crippen LogP contribution in [-0.4, -0.2) is 12.4 Å². The lowest BCUT2D eigenvalue weighted by molar-refractivity contribution is -0.116. The monoisotopic (exact) mass is 388 g/mol. The molecule has 2 N–H and O–H groups in total. The van der Waals surface area contributed by atoms with Gasteiger partial charge in [-0.1, -0.05) is 15.9 Å². The molecule has 24 heavy (non-hydrogen) atoms. The lowest BCUT2D eigenvalue weighted by Gasteiger charge is -2.31. The lowest BCUT2D eigenvalue weighted by Crippen LogP contribution is -2.27. The Hall–Kier alpha value is -2.26. The van der Waals surface area contributed by atoms with Crippen LogP contribution in [0, 0.1) is 11.3 Å². The van der Waals surface area contributed by atoms with Crippen molar-refractivity contribution in [2.24, 2.45) is 5.73 Å². The fraction of sp³-hybridized carbons (Fsp3) is 0.333. The Bertz CT molecular complexity index is 805. The van der Waals surface area contributed by atoms with Gasteiger partial charge in [-0.3, -0.25) is 4.79 Å². The fourth-order valence-electron chi connectivity index (χ4n) is 3.20. The maximum absolute atomic E-state index is 12.6. The van der Waals surface area contributed by atoms with Gasteiger partial charge in [-0.05, 0) is 31.5 Å². The van der Waals surface area contributed by atoms with Gasteiger partial charge in [0.25, 0.3) is 0 Å². The Kier molecular flexibility index (Phi) is 4.63. The van der Waals surface area contributed by atoms with Crippen molar-refractivity contribution in [1.29, 1.82) is 5.26 Å². The standard InChI is InChI=1S/C18H17BrN2O3/c1-2-23-14-7-6-10(19)8-11(14)16-12(9-20)18(21)24-15-5-3-4-13(22)17(15)16/h6-8,16H,2-5,21H2,1H3/t16-/m0/s1. The molecule has 0 aromatic heterocycles. The van der Waals surface area contributed by atoms with E-state index in [0.29, 0.717) is 36.5 Å². The largest absolute Gasteiger partial charge is 0.494 e. The van der Waals surface area contributed by atoms with E-state index < -0.39 is 5.92 Å². The smallest absolute Gasteiger partial charge is 0.205 e. The molecule has 6 heteroatoms. The van der Waals surface area contributed by atoms with Gasteiger partial charge in [-0.2, -0.15) is 5.26 Å². The summed E-state index contributed by atoms with van der Waals surface area (Å²) in [6.45, 7) is 2.38. The van der Waals surface area contributed by atoms with Gasteiger partial charge in [0.15, 0.2) is 5.78 Å². The number of Topliss-reactive ketones (excluding diaryl/α,β-unsaturated/α-hetero) is 1. The molecule has 1 aliphatic heterocycles. The van der Waals surface area contributed by atoms with E-state index >= 15 is 0 Å². The minimum Gasteiger partial charge on any atom is -0.494 e. The molecule has 1 atom stereocenters. The normalized spacial score (nSPS) is 20.4. The van der Waals surface area contributed by atoms with Crippen LogP contribution in [0.2, 0.25) is 0 Å². The number of carbonyl (C=O) groups excluding carboxylic acids is 1. The molecule has 1 aromatic carbocycles. The first-order chi connectivity index (χ1) is 11.6. The molecule has 0 saturated carbocycles. The van der Waals surface area contributed by atoms with Crippen LogP contribution in [0.3, 0.4) is 0 Å². The van der Waals surface area contributed by atoms with Crippen LogP contribution in [0.15, 0.2) is 45.5 Å². The van der Waals surface area contributed by atoms with E-state index in [-0.39, 0.29) is 17.2 Å². The molecule has 5 nitrogen and oxygen atoms in total. The number of nitrogens with two attached hydrogens (primary N) is 1. The van der Waals surface area contributed by atoms with Gasteiger partial charge in [0, 0.05) is 28.5 Å². The molecule has 0 saturated heterocycles. The minimum absolute atomic E-state index is 0.00363. The molecule has 0 fully saturated rings. The van der Waals surface area contributed by atoms with Gasteiger partial charge >= 0.3 is 0 Å². The molecular formula is C18H17BrN2O3. The molecule has 0 amide bonds. The number of benzene rings is 1. The summed E-state index contributed by atoms with van der Waals surface area (Å²) >= 11 is 3.46. The van der Waals surface area contributed by atoms with Crippen LogP contribution in [0.5, 0.6) is 5.75 Å². The average Bonchev–Trinajstić information content (AvgIpc) is 2.55. The molecule has 0 bridgehead atoms. The van der Waals surface area contributed by atoms with Gasteiger partial charge in [0.05, 0.1) is 12.5 Å². The number of ether oxygens (including phenoxy) is 2. The number of ketones is 1. The van der Waals surface area contributed by atoms with E-state index in [0.717, 1.165) is 16.5 Å². The van der Waals surface area contributed by atoms with E-state index in [9.17, 15) is 10.1 Å². The number of halogens is 1. The second-order valence-corrected chi connectivity index (χ2v) is 6.57. The Morgan fingerprint density at radius 2 is 2.25 bits per heavy atom. The molecule has 124 valence electrons. The zero-order chi connectivity index (χ0) is 17.3. The second kappa shape index (κ2) is 6.70. The van der Waals surface area contributed by atoms with Gasteiger partial charge < -0.3 is 15.2 Å². The molecule has 0 radical (unpaired) electrons. The van der Waals surface area contributed by atoms with Crippen molar-refractivity contribution in [3.8, 4) is 11.8 Å². The van der Waals surface area contributed by atoms with Crippen LogP contribution < -0.4 is 10.5 Å². The summed E-state index contributed by atoms with van der Waals surface area (Å²) in [6, 6.07) is 7.69. The SMILES string of the molecule is CCOc1ccc(Br)cc1[C@H]1C(C#N)=C(N)OC2=C1C(=O)CCC2. The van der Waals surface area contributed by atoms with Crippen LogP contribution in [-0.2, 0) is 9.53 Å². The van der Waals surface area contributed by atoms with Crippen LogP contribution in [0.25, 0.3) is 0 Å². The van der Waals surface area contributed by atoms with Crippen molar-refractivity contribution in [2.75, 3.05) is 6.61 Å². The van der Waals surface area contributed by atoms with Crippen molar-refractivity contribution in [1.82, 2.24) is 0 Å². The Balaban J connectivity index is 2.23. The highest BCUT2D eigenvalue weighted by Crippen LogP contribution is 2.46. The first-order valence-corrected chi connectivity index (χ1v) is 8.62. The predicted molar refractivity (Wildman–Crippen MR) is 91.8 cm³/mol. The van der Waals surface area contributed by atoms with E-state index in [4.69, 9.17) is 15.2 Å². The highest BCUT2D eigenvalue weighted by Gasteiger charge is 2.39. The van der Waals surface area contributed by atoms with Crippen LogP contribution in [0.4, 0.5) is 0 Å². The van der Waals surface area contributed by atoms with Crippen molar-refractivity contribution in [3.05, 3.63) is 51.0 Å². The second-order valence-electron chi connectivity index (χ2n) is 5.65. The summed E-state index contributed by atoms with van der Waals surface area (Å²) in [4.78, 5) is 12.6. The summed E-state index contributed by atoms with van der Waals surface area (Å²) in [5.41, 5.74) is 7.50.